The Labute approximate surface area is 347 Å². The first-order chi connectivity index (χ1) is 27.3. The normalized spacial score (nSPS) is 12.7. The van der Waals surface area contributed by atoms with Gasteiger partial charge in [0, 0.05) is 12.8 Å². The highest BCUT2D eigenvalue weighted by molar-refractivity contribution is 5.74. The lowest BCUT2D eigenvalue weighted by Gasteiger charge is -2.30. The second kappa shape index (κ2) is 42.7. The van der Waals surface area contributed by atoms with Gasteiger partial charge in [-0.1, -0.05) is 225 Å². The van der Waals surface area contributed by atoms with E-state index in [1.807, 2.05) is 0 Å². The van der Waals surface area contributed by atoms with E-state index in [4.69, 9.17) is 10.2 Å². The van der Waals surface area contributed by atoms with Gasteiger partial charge in [-0.2, -0.15) is 0 Å². The van der Waals surface area contributed by atoms with Crippen LogP contribution in [0.15, 0.2) is 12.2 Å². The van der Waals surface area contributed by atoms with E-state index in [1.54, 1.807) is 0 Å². The third kappa shape index (κ3) is 39.0. The molecule has 3 N–H and O–H groups in total. The summed E-state index contributed by atoms with van der Waals surface area (Å²) in [6, 6.07) is 0. The van der Waals surface area contributed by atoms with Crippen LogP contribution in [0, 0.1) is 5.41 Å². The molecule has 0 aromatic heterocycles. The van der Waals surface area contributed by atoms with Gasteiger partial charge >= 0.3 is 17.9 Å². The van der Waals surface area contributed by atoms with Crippen molar-refractivity contribution in [3.63, 3.8) is 0 Å². The molecule has 330 valence electrons. The molecule has 1 atom stereocenters. The number of hydrogen-bond donors (Lipinski definition) is 3. The Morgan fingerprint density at radius 3 is 0.821 bits per heavy atom. The van der Waals surface area contributed by atoms with Crippen molar-refractivity contribution in [2.24, 2.45) is 5.41 Å². The molecule has 0 aliphatic carbocycles. The predicted octanol–water partition coefficient (Wildman–Crippen LogP) is 16.6. The fraction of sp³-hybridized carbons (Fsp3) is 0.900. The van der Waals surface area contributed by atoms with Crippen molar-refractivity contribution in [1.29, 1.82) is 0 Å². The number of carbonyl (C=O) groups is 3. The number of carboxylic acid groups (broad SMARTS) is 3. The van der Waals surface area contributed by atoms with Crippen molar-refractivity contribution in [2.75, 3.05) is 0 Å². The minimum Gasteiger partial charge on any atom is -0.481 e. The zero-order valence-corrected chi connectivity index (χ0v) is 37.1. The molecule has 56 heavy (non-hydrogen) atoms. The number of unbranched alkanes of at least 4 members (excludes halogenated alkanes) is 34. The third-order valence-electron chi connectivity index (χ3n) is 12.2. The summed E-state index contributed by atoms with van der Waals surface area (Å²) in [5.41, 5.74) is -0.532. The molecular weight excluding hydrogens is 697 g/mol. The van der Waals surface area contributed by atoms with Crippen LogP contribution < -0.4 is 0 Å². The molecule has 1 unspecified atom stereocenters. The zero-order valence-electron chi connectivity index (χ0n) is 37.1. The minimum absolute atomic E-state index is 0.300. The van der Waals surface area contributed by atoms with E-state index in [2.05, 4.69) is 19.1 Å². The molecule has 0 heterocycles. The molecule has 0 aromatic rings. The summed E-state index contributed by atoms with van der Waals surface area (Å²) in [6.07, 6.45) is 53.7. The van der Waals surface area contributed by atoms with Crippen LogP contribution in [0.3, 0.4) is 0 Å². The maximum absolute atomic E-state index is 12.9. The van der Waals surface area contributed by atoms with E-state index in [0.29, 0.717) is 12.8 Å². The smallest absolute Gasteiger partial charge is 0.309 e. The van der Waals surface area contributed by atoms with E-state index in [0.717, 1.165) is 103 Å². The summed E-state index contributed by atoms with van der Waals surface area (Å²) in [5.74, 6) is -1.90. The van der Waals surface area contributed by atoms with Crippen molar-refractivity contribution < 1.29 is 29.7 Å². The lowest BCUT2D eigenvalue weighted by atomic mass is 9.74. The van der Waals surface area contributed by atoms with Gasteiger partial charge in [-0.3, -0.25) is 14.4 Å². The Balaban J connectivity index is 4.36. The van der Waals surface area contributed by atoms with E-state index in [-0.39, 0.29) is 0 Å². The third-order valence-corrected chi connectivity index (χ3v) is 12.2. The van der Waals surface area contributed by atoms with Gasteiger partial charge in [-0.05, 0) is 57.8 Å². The number of aliphatic carboxylic acids is 3. The van der Waals surface area contributed by atoms with Crippen LogP contribution in [0.4, 0.5) is 0 Å². The maximum atomic E-state index is 12.9. The Morgan fingerprint density at radius 1 is 0.339 bits per heavy atom. The summed E-state index contributed by atoms with van der Waals surface area (Å²) < 4.78 is 0. The minimum atomic E-state index is -0.684. The SMILES string of the molecule is CCCCCCCCCCCCCCC(CCCCCCCC/C=C\CCCCCCCC(=O)O)(CCCCCCCCCCCCCCCC(=O)O)C(=O)O. The van der Waals surface area contributed by atoms with Gasteiger partial charge in [0.2, 0.25) is 0 Å². The lowest BCUT2D eigenvalue weighted by molar-refractivity contribution is -0.151. The van der Waals surface area contributed by atoms with Crippen molar-refractivity contribution in [3.05, 3.63) is 12.2 Å². The van der Waals surface area contributed by atoms with Gasteiger partial charge in [0.15, 0.2) is 0 Å². The average molecular weight is 791 g/mol. The fourth-order valence-corrected chi connectivity index (χ4v) is 8.42. The summed E-state index contributed by atoms with van der Waals surface area (Å²) in [7, 11) is 0. The van der Waals surface area contributed by atoms with Crippen LogP contribution in [-0.4, -0.2) is 33.2 Å². The lowest BCUT2D eigenvalue weighted by Crippen LogP contribution is -2.31. The van der Waals surface area contributed by atoms with E-state index in [1.165, 1.54) is 161 Å². The summed E-state index contributed by atoms with van der Waals surface area (Å²) in [5, 5.41) is 28.1. The standard InChI is InChI=1S/C50H94O6/c1-2-3-4-5-6-7-8-19-24-29-34-39-44-50(49(55)56,46-41-36-31-26-21-16-12-14-18-23-28-33-38-43-48(53)54)45-40-35-30-25-20-15-11-9-10-13-17-22-27-32-37-42-47(51)52/h9-10H,2-8,11-46H2,1H3,(H,51,52)(H,53,54)(H,55,56)/b10-9-. The molecule has 0 saturated heterocycles. The summed E-state index contributed by atoms with van der Waals surface area (Å²) in [6.45, 7) is 2.28. The first kappa shape index (κ1) is 54.2. The van der Waals surface area contributed by atoms with Gasteiger partial charge in [0.05, 0.1) is 5.41 Å². The first-order valence-corrected chi connectivity index (χ1v) is 24.7. The zero-order chi connectivity index (χ0) is 41.1. The van der Waals surface area contributed by atoms with Crippen molar-refractivity contribution in [3.8, 4) is 0 Å². The molecule has 6 nitrogen and oxygen atoms in total. The molecule has 0 saturated carbocycles. The van der Waals surface area contributed by atoms with Crippen LogP contribution >= 0.6 is 0 Å². The van der Waals surface area contributed by atoms with Crippen LogP contribution in [0.5, 0.6) is 0 Å². The second-order valence-electron chi connectivity index (χ2n) is 17.5. The van der Waals surface area contributed by atoms with Crippen molar-refractivity contribution in [1.82, 2.24) is 0 Å². The van der Waals surface area contributed by atoms with Gasteiger partial charge in [-0.15, -0.1) is 0 Å². The molecule has 6 heteroatoms. The molecule has 0 fully saturated rings. The molecule has 0 spiro atoms. The van der Waals surface area contributed by atoms with Crippen LogP contribution in [0.25, 0.3) is 0 Å². The Kier molecular flexibility index (Phi) is 41.3. The molecule has 0 radical (unpaired) electrons. The fourth-order valence-electron chi connectivity index (χ4n) is 8.42. The van der Waals surface area contributed by atoms with Crippen LogP contribution in [0.2, 0.25) is 0 Å². The summed E-state index contributed by atoms with van der Waals surface area (Å²) >= 11 is 0. The van der Waals surface area contributed by atoms with E-state index < -0.39 is 23.3 Å². The average Bonchev–Trinajstić information content (AvgIpc) is 3.17. The number of rotatable bonds is 47. The van der Waals surface area contributed by atoms with Crippen LogP contribution in [-0.2, 0) is 14.4 Å². The Bertz CT molecular complexity index is 900. The molecule has 0 rings (SSSR count). The maximum Gasteiger partial charge on any atom is 0.309 e. The molecular formula is C50H94O6. The van der Waals surface area contributed by atoms with Gasteiger partial charge in [0.25, 0.3) is 0 Å². The van der Waals surface area contributed by atoms with Crippen molar-refractivity contribution >= 4 is 17.9 Å². The largest absolute Gasteiger partial charge is 0.481 e. The molecule has 0 amide bonds. The number of carboxylic acids is 3. The van der Waals surface area contributed by atoms with E-state index >= 15 is 0 Å². The second-order valence-corrected chi connectivity index (χ2v) is 17.5. The topological polar surface area (TPSA) is 112 Å². The quantitative estimate of drug-likeness (QED) is 0.0418. The highest BCUT2D eigenvalue weighted by Crippen LogP contribution is 2.38. The van der Waals surface area contributed by atoms with Gasteiger partial charge in [0.1, 0.15) is 0 Å². The Morgan fingerprint density at radius 2 is 0.571 bits per heavy atom. The molecule has 0 aliphatic rings. The first-order valence-electron chi connectivity index (χ1n) is 24.7. The number of allylic oxidation sites excluding steroid dienone is 2. The monoisotopic (exact) mass is 791 g/mol. The molecule has 0 bridgehead atoms. The van der Waals surface area contributed by atoms with Gasteiger partial charge in [-0.25, -0.2) is 0 Å². The molecule has 0 aliphatic heterocycles. The van der Waals surface area contributed by atoms with Crippen LogP contribution in [0.1, 0.15) is 283 Å². The summed E-state index contributed by atoms with van der Waals surface area (Å²) in [4.78, 5) is 34.1. The predicted molar refractivity (Wildman–Crippen MR) is 239 cm³/mol. The van der Waals surface area contributed by atoms with Gasteiger partial charge < -0.3 is 15.3 Å². The number of hydrogen-bond acceptors (Lipinski definition) is 3. The van der Waals surface area contributed by atoms with Crippen molar-refractivity contribution in [2.45, 2.75) is 283 Å². The Hall–Kier alpha value is -1.85. The highest BCUT2D eigenvalue weighted by Gasteiger charge is 2.36. The molecule has 0 aromatic carbocycles. The highest BCUT2D eigenvalue weighted by atomic mass is 16.4. The van der Waals surface area contributed by atoms with E-state index in [9.17, 15) is 19.5 Å².